The second kappa shape index (κ2) is 4.27. The molecule has 80 valence electrons. The third kappa shape index (κ3) is 2.24. The molecule has 0 spiro atoms. The van der Waals surface area contributed by atoms with E-state index in [1.165, 1.54) is 5.56 Å². The average Bonchev–Trinajstić information content (AvgIpc) is 2.83. The van der Waals surface area contributed by atoms with Crippen LogP contribution in [0.1, 0.15) is 11.4 Å². The zero-order valence-electron chi connectivity index (χ0n) is 8.80. The molecule has 0 aromatic carbocycles. The summed E-state index contributed by atoms with van der Waals surface area (Å²) in [6.45, 7) is 1.39. The molecule has 0 aliphatic carbocycles. The molecule has 5 nitrogen and oxygen atoms in total. The smallest absolute Gasteiger partial charge is 0.122 e. The second-order valence-electron chi connectivity index (χ2n) is 3.51. The van der Waals surface area contributed by atoms with Gasteiger partial charge in [0.25, 0.3) is 0 Å². The van der Waals surface area contributed by atoms with Crippen LogP contribution in [0.25, 0.3) is 0 Å². The lowest BCUT2D eigenvalue weighted by Crippen LogP contribution is -2.09. The summed E-state index contributed by atoms with van der Waals surface area (Å²) in [5.74, 6) is 0.930. The highest BCUT2D eigenvalue weighted by molar-refractivity contribution is 5.04. The van der Waals surface area contributed by atoms with E-state index in [0.717, 1.165) is 18.8 Å². The van der Waals surface area contributed by atoms with Crippen LogP contribution in [0.3, 0.4) is 0 Å². The number of aryl methyl sites for hydroxylation is 3. The van der Waals surface area contributed by atoms with Crippen molar-refractivity contribution >= 4 is 0 Å². The van der Waals surface area contributed by atoms with Crippen molar-refractivity contribution in [2.45, 2.75) is 19.5 Å². The normalized spacial score (nSPS) is 10.8. The van der Waals surface area contributed by atoms with Gasteiger partial charge in [0.15, 0.2) is 0 Å². The van der Waals surface area contributed by atoms with Crippen molar-refractivity contribution < 1.29 is 0 Å². The van der Waals surface area contributed by atoms with Gasteiger partial charge in [-0.2, -0.15) is 5.10 Å². The van der Waals surface area contributed by atoms with Crippen molar-refractivity contribution in [3.8, 4) is 0 Å². The molecule has 2 N–H and O–H groups in total. The maximum atomic E-state index is 5.57. The zero-order chi connectivity index (χ0) is 10.7. The molecule has 15 heavy (non-hydrogen) atoms. The fourth-order valence-corrected chi connectivity index (χ4v) is 1.58. The van der Waals surface area contributed by atoms with Crippen molar-refractivity contribution in [1.29, 1.82) is 0 Å². The van der Waals surface area contributed by atoms with E-state index < -0.39 is 0 Å². The fourth-order valence-electron chi connectivity index (χ4n) is 1.58. The molecule has 0 amide bonds. The Kier molecular flexibility index (Phi) is 2.82. The molecule has 0 atom stereocenters. The predicted molar refractivity (Wildman–Crippen MR) is 57.0 cm³/mol. The van der Waals surface area contributed by atoms with Crippen molar-refractivity contribution in [2.75, 3.05) is 0 Å². The van der Waals surface area contributed by atoms with Crippen LogP contribution in [0.15, 0.2) is 24.8 Å². The predicted octanol–water partition coefficient (Wildman–Crippen LogP) is 0.318. The van der Waals surface area contributed by atoms with Gasteiger partial charge < -0.3 is 10.3 Å². The van der Waals surface area contributed by atoms with E-state index in [0.29, 0.717) is 6.54 Å². The van der Waals surface area contributed by atoms with Gasteiger partial charge in [-0.15, -0.1) is 0 Å². The molecule has 0 fully saturated rings. The minimum atomic E-state index is 0.486. The molecule has 0 aliphatic heterocycles. The van der Waals surface area contributed by atoms with Gasteiger partial charge in [-0.1, -0.05) is 0 Å². The number of rotatable bonds is 4. The van der Waals surface area contributed by atoms with Crippen LogP contribution in [0.2, 0.25) is 0 Å². The minimum Gasteiger partial charge on any atom is -0.334 e. The van der Waals surface area contributed by atoms with E-state index in [-0.39, 0.29) is 0 Å². The number of nitrogens with zero attached hydrogens (tertiary/aromatic N) is 4. The lowest BCUT2D eigenvalue weighted by Gasteiger charge is -2.04. The zero-order valence-corrected chi connectivity index (χ0v) is 8.80. The Morgan fingerprint density at radius 3 is 3.00 bits per heavy atom. The monoisotopic (exact) mass is 205 g/mol. The number of aromatic nitrogens is 4. The Morgan fingerprint density at radius 1 is 1.47 bits per heavy atom. The van der Waals surface area contributed by atoms with E-state index in [1.807, 2.05) is 30.3 Å². The van der Waals surface area contributed by atoms with Crippen LogP contribution in [0, 0.1) is 0 Å². The van der Waals surface area contributed by atoms with E-state index in [2.05, 4.69) is 14.6 Å². The van der Waals surface area contributed by atoms with Gasteiger partial charge >= 0.3 is 0 Å². The number of nitrogens with two attached hydrogens (primary N) is 1. The summed E-state index contributed by atoms with van der Waals surface area (Å²) >= 11 is 0. The van der Waals surface area contributed by atoms with Crippen LogP contribution in [0.5, 0.6) is 0 Å². The SMILES string of the molecule is Cn1cc(CCn2ccnc2CN)cn1. The van der Waals surface area contributed by atoms with Gasteiger partial charge in [-0.05, 0) is 12.0 Å². The molecular formula is C10H15N5. The van der Waals surface area contributed by atoms with Crippen LogP contribution >= 0.6 is 0 Å². The van der Waals surface area contributed by atoms with E-state index in [9.17, 15) is 0 Å². The van der Waals surface area contributed by atoms with Crippen molar-refractivity contribution in [3.05, 3.63) is 36.2 Å². The van der Waals surface area contributed by atoms with Crippen molar-refractivity contribution in [1.82, 2.24) is 19.3 Å². The Morgan fingerprint density at radius 2 is 2.33 bits per heavy atom. The summed E-state index contributed by atoms with van der Waals surface area (Å²) in [7, 11) is 1.92. The molecule has 5 heteroatoms. The highest BCUT2D eigenvalue weighted by Crippen LogP contribution is 2.02. The molecule has 0 aliphatic rings. The highest BCUT2D eigenvalue weighted by Gasteiger charge is 2.01. The Labute approximate surface area is 88.5 Å². The number of imidazole rings is 1. The molecule has 0 radical (unpaired) electrons. The number of hydrogen-bond donors (Lipinski definition) is 1. The first-order valence-electron chi connectivity index (χ1n) is 4.97. The molecular weight excluding hydrogens is 190 g/mol. The van der Waals surface area contributed by atoms with Crippen LogP contribution in [-0.4, -0.2) is 19.3 Å². The molecule has 2 heterocycles. The molecule has 0 saturated heterocycles. The Balaban J connectivity index is 1.98. The highest BCUT2D eigenvalue weighted by atomic mass is 15.2. The summed E-state index contributed by atoms with van der Waals surface area (Å²) in [5.41, 5.74) is 6.80. The van der Waals surface area contributed by atoms with Gasteiger partial charge in [-0.3, -0.25) is 4.68 Å². The van der Waals surface area contributed by atoms with Crippen molar-refractivity contribution in [3.63, 3.8) is 0 Å². The first-order valence-corrected chi connectivity index (χ1v) is 4.97. The molecule has 0 saturated carbocycles. The average molecular weight is 205 g/mol. The summed E-state index contributed by atoms with van der Waals surface area (Å²) in [5, 5.41) is 4.13. The van der Waals surface area contributed by atoms with E-state index in [4.69, 9.17) is 5.73 Å². The van der Waals surface area contributed by atoms with Gasteiger partial charge in [0.2, 0.25) is 0 Å². The van der Waals surface area contributed by atoms with E-state index in [1.54, 1.807) is 6.20 Å². The van der Waals surface area contributed by atoms with Crippen LogP contribution < -0.4 is 5.73 Å². The minimum absolute atomic E-state index is 0.486. The third-order valence-corrected chi connectivity index (χ3v) is 2.38. The first-order chi connectivity index (χ1) is 7.29. The molecule has 0 bridgehead atoms. The number of hydrogen-bond acceptors (Lipinski definition) is 3. The van der Waals surface area contributed by atoms with Crippen LogP contribution in [-0.2, 0) is 26.6 Å². The van der Waals surface area contributed by atoms with Gasteiger partial charge in [0.05, 0.1) is 12.7 Å². The summed E-state index contributed by atoms with van der Waals surface area (Å²) < 4.78 is 3.89. The lowest BCUT2D eigenvalue weighted by atomic mass is 10.2. The molecule has 2 aromatic rings. The summed E-state index contributed by atoms with van der Waals surface area (Å²) in [6, 6.07) is 0. The second-order valence-corrected chi connectivity index (χ2v) is 3.51. The maximum absolute atomic E-state index is 5.57. The third-order valence-electron chi connectivity index (χ3n) is 2.38. The first kappa shape index (κ1) is 9.92. The van der Waals surface area contributed by atoms with Gasteiger partial charge in [0, 0.05) is 32.2 Å². The lowest BCUT2D eigenvalue weighted by molar-refractivity contribution is 0.651. The van der Waals surface area contributed by atoms with Crippen molar-refractivity contribution in [2.24, 2.45) is 12.8 Å². The molecule has 2 rings (SSSR count). The summed E-state index contributed by atoms with van der Waals surface area (Å²) in [6.07, 6.45) is 8.61. The Bertz CT molecular complexity index is 428. The topological polar surface area (TPSA) is 61.7 Å². The van der Waals surface area contributed by atoms with Crippen LogP contribution in [0.4, 0.5) is 0 Å². The van der Waals surface area contributed by atoms with Gasteiger partial charge in [0.1, 0.15) is 5.82 Å². The van der Waals surface area contributed by atoms with E-state index >= 15 is 0 Å². The largest absolute Gasteiger partial charge is 0.334 e. The molecule has 0 unspecified atom stereocenters. The summed E-state index contributed by atoms with van der Waals surface area (Å²) in [4.78, 5) is 4.17. The van der Waals surface area contributed by atoms with Gasteiger partial charge in [-0.25, -0.2) is 4.98 Å². The quantitative estimate of drug-likeness (QED) is 0.781. The standard InChI is InChI=1S/C10H15N5/c1-14-8-9(7-13-14)2-4-15-5-3-12-10(15)6-11/h3,5,7-8H,2,4,6,11H2,1H3. The molecule has 2 aromatic heterocycles. The fraction of sp³-hybridized carbons (Fsp3) is 0.400. The maximum Gasteiger partial charge on any atom is 0.122 e. The Hall–Kier alpha value is -1.62.